The van der Waals surface area contributed by atoms with Crippen LogP contribution in [-0.4, -0.2) is 48.0 Å². The van der Waals surface area contributed by atoms with Gasteiger partial charge in [0.1, 0.15) is 19.2 Å². The number of nitrogens with two attached hydrogens (primary N) is 1. The quantitative estimate of drug-likeness (QED) is 0.229. The van der Waals surface area contributed by atoms with E-state index in [0.717, 1.165) is 5.56 Å². The van der Waals surface area contributed by atoms with E-state index < -0.39 is 47.3 Å². The third-order valence-corrected chi connectivity index (χ3v) is 4.86. The molecule has 0 bridgehead atoms. The minimum atomic E-state index is -1.37. The molecule has 35 heavy (non-hydrogen) atoms. The number of non-ortho nitro benzene ring substituents is 1. The van der Waals surface area contributed by atoms with Crippen molar-refractivity contribution in [2.45, 2.75) is 31.9 Å². The van der Waals surface area contributed by atoms with E-state index in [4.69, 9.17) is 15.2 Å². The zero-order chi connectivity index (χ0) is 25.8. The van der Waals surface area contributed by atoms with Gasteiger partial charge in [0, 0.05) is 18.1 Å². The summed E-state index contributed by atoms with van der Waals surface area (Å²) < 4.78 is 9.97. The molecule has 0 aliphatic rings. The van der Waals surface area contributed by atoms with Gasteiger partial charge in [0.2, 0.25) is 11.8 Å². The van der Waals surface area contributed by atoms with Gasteiger partial charge < -0.3 is 25.8 Å². The molecule has 186 valence electrons. The number of amides is 3. The van der Waals surface area contributed by atoms with E-state index in [1.54, 1.807) is 31.2 Å². The summed E-state index contributed by atoms with van der Waals surface area (Å²) in [4.78, 5) is 59.0. The molecule has 2 rings (SSSR count). The Morgan fingerprint density at radius 1 is 1.03 bits per heavy atom. The standard InChI is InChI=1S/C23H26N4O8/c1-2-34-20(29)12-18(16-8-10-17(11-9-16)27(32)33)21(22(24)30)26-19(28)13-25-23(31)35-14-15-6-4-3-5-7-15/h3-11,18,21H,2,12-14H2,1H3,(H2,24,30)(H,25,31)(H,26,28)/t18-,21+/m1/s1. The lowest BCUT2D eigenvalue weighted by atomic mass is 9.87. The molecule has 2 atom stereocenters. The van der Waals surface area contributed by atoms with Crippen LogP contribution < -0.4 is 16.4 Å². The molecule has 12 heteroatoms. The average Bonchev–Trinajstić information content (AvgIpc) is 2.84. The lowest BCUT2D eigenvalue weighted by molar-refractivity contribution is -0.384. The summed E-state index contributed by atoms with van der Waals surface area (Å²) in [6, 6.07) is 12.7. The predicted molar refractivity (Wildman–Crippen MR) is 123 cm³/mol. The van der Waals surface area contributed by atoms with Gasteiger partial charge in [0.15, 0.2) is 0 Å². The van der Waals surface area contributed by atoms with Gasteiger partial charge in [-0.05, 0) is 18.1 Å². The van der Waals surface area contributed by atoms with E-state index in [2.05, 4.69) is 10.6 Å². The maximum atomic E-state index is 12.4. The van der Waals surface area contributed by atoms with Crippen LogP contribution in [0.5, 0.6) is 0 Å². The molecule has 0 unspecified atom stereocenters. The summed E-state index contributed by atoms with van der Waals surface area (Å²) in [6.07, 6.45) is -1.18. The summed E-state index contributed by atoms with van der Waals surface area (Å²) in [6.45, 7) is 1.17. The third kappa shape index (κ3) is 8.76. The van der Waals surface area contributed by atoms with Gasteiger partial charge in [-0.1, -0.05) is 42.5 Å². The molecular formula is C23H26N4O8. The Morgan fingerprint density at radius 3 is 2.26 bits per heavy atom. The second kappa shape index (κ2) is 13.3. The molecule has 0 saturated carbocycles. The lowest BCUT2D eigenvalue weighted by Crippen LogP contribution is -2.51. The molecular weight excluding hydrogens is 460 g/mol. The number of primary amides is 1. The molecule has 0 aliphatic carbocycles. The fourth-order valence-electron chi connectivity index (χ4n) is 3.19. The number of hydrogen-bond donors (Lipinski definition) is 3. The highest BCUT2D eigenvalue weighted by Crippen LogP contribution is 2.26. The Hall–Kier alpha value is -4.48. The van der Waals surface area contributed by atoms with Crippen LogP contribution in [0.3, 0.4) is 0 Å². The van der Waals surface area contributed by atoms with Crippen molar-refractivity contribution in [3.05, 3.63) is 75.8 Å². The van der Waals surface area contributed by atoms with Crippen LogP contribution in [0.1, 0.15) is 30.4 Å². The Bertz CT molecular complexity index is 1040. The largest absolute Gasteiger partial charge is 0.466 e. The molecule has 0 spiro atoms. The number of nitro benzene ring substituents is 1. The van der Waals surface area contributed by atoms with Crippen LogP contribution in [0.2, 0.25) is 0 Å². The lowest BCUT2D eigenvalue weighted by Gasteiger charge is -2.25. The van der Waals surface area contributed by atoms with Crippen molar-refractivity contribution < 1.29 is 33.6 Å². The van der Waals surface area contributed by atoms with Gasteiger partial charge in [-0.15, -0.1) is 0 Å². The van der Waals surface area contributed by atoms with Gasteiger partial charge >= 0.3 is 12.1 Å². The number of nitrogens with one attached hydrogen (secondary N) is 2. The molecule has 3 amide bonds. The molecule has 0 radical (unpaired) electrons. The van der Waals surface area contributed by atoms with Crippen LogP contribution >= 0.6 is 0 Å². The second-order valence-electron chi connectivity index (χ2n) is 7.33. The summed E-state index contributed by atoms with van der Waals surface area (Å²) in [5.74, 6) is -3.33. The number of alkyl carbamates (subject to hydrolysis) is 1. The number of rotatable bonds is 12. The smallest absolute Gasteiger partial charge is 0.407 e. The zero-order valence-electron chi connectivity index (χ0n) is 19.0. The first-order valence-corrected chi connectivity index (χ1v) is 10.6. The number of carbonyl (C=O) groups is 4. The monoisotopic (exact) mass is 486 g/mol. The van der Waals surface area contributed by atoms with Crippen molar-refractivity contribution in [2.75, 3.05) is 13.2 Å². The van der Waals surface area contributed by atoms with E-state index in [-0.39, 0.29) is 25.3 Å². The van der Waals surface area contributed by atoms with Crippen LogP contribution in [0.25, 0.3) is 0 Å². The molecule has 2 aromatic carbocycles. The van der Waals surface area contributed by atoms with Crippen molar-refractivity contribution in [3.63, 3.8) is 0 Å². The van der Waals surface area contributed by atoms with Gasteiger partial charge in [0.25, 0.3) is 5.69 Å². The van der Waals surface area contributed by atoms with Crippen LogP contribution in [0, 0.1) is 10.1 Å². The number of nitrogens with zero attached hydrogens (tertiary/aromatic N) is 1. The fraction of sp³-hybridized carbons (Fsp3) is 0.304. The highest BCUT2D eigenvalue weighted by molar-refractivity contribution is 5.90. The van der Waals surface area contributed by atoms with Crippen LogP contribution in [-0.2, 0) is 30.5 Å². The molecule has 0 saturated heterocycles. The highest BCUT2D eigenvalue weighted by atomic mass is 16.6. The van der Waals surface area contributed by atoms with Gasteiger partial charge in [-0.25, -0.2) is 4.79 Å². The molecule has 12 nitrogen and oxygen atoms in total. The van der Waals surface area contributed by atoms with E-state index in [1.165, 1.54) is 24.3 Å². The minimum Gasteiger partial charge on any atom is -0.466 e. The first-order chi connectivity index (χ1) is 16.7. The first-order valence-electron chi connectivity index (χ1n) is 10.6. The number of esters is 1. The average molecular weight is 486 g/mol. The van der Waals surface area contributed by atoms with Crippen molar-refractivity contribution in [1.82, 2.24) is 10.6 Å². The number of hydrogen-bond acceptors (Lipinski definition) is 8. The van der Waals surface area contributed by atoms with Gasteiger partial charge in [-0.2, -0.15) is 0 Å². The normalized spacial score (nSPS) is 12.0. The predicted octanol–water partition coefficient (Wildman–Crippen LogP) is 1.53. The maximum absolute atomic E-state index is 12.4. The fourth-order valence-corrected chi connectivity index (χ4v) is 3.19. The van der Waals surface area contributed by atoms with Crippen LogP contribution in [0.15, 0.2) is 54.6 Å². The minimum absolute atomic E-state index is 0.0000383. The second-order valence-corrected chi connectivity index (χ2v) is 7.33. The number of benzene rings is 2. The van der Waals surface area contributed by atoms with Crippen molar-refractivity contribution in [1.29, 1.82) is 0 Å². The Kier molecular flexibility index (Phi) is 10.2. The molecule has 0 heterocycles. The summed E-state index contributed by atoms with van der Waals surface area (Å²) in [5, 5.41) is 15.6. The Balaban J connectivity index is 2.07. The highest BCUT2D eigenvalue weighted by Gasteiger charge is 2.32. The van der Waals surface area contributed by atoms with E-state index in [0.29, 0.717) is 5.56 Å². The maximum Gasteiger partial charge on any atom is 0.407 e. The molecule has 0 fully saturated rings. The topological polar surface area (TPSA) is 180 Å². The van der Waals surface area contributed by atoms with Crippen molar-refractivity contribution in [2.24, 2.45) is 5.73 Å². The van der Waals surface area contributed by atoms with E-state index in [1.807, 2.05) is 6.07 Å². The van der Waals surface area contributed by atoms with Crippen LogP contribution in [0.4, 0.5) is 10.5 Å². The van der Waals surface area contributed by atoms with Crippen molar-refractivity contribution >= 4 is 29.6 Å². The number of carbonyl (C=O) groups excluding carboxylic acids is 4. The van der Waals surface area contributed by atoms with Crippen molar-refractivity contribution in [3.8, 4) is 0 Å². The molecule has 2 aromatic rings. The van der Waals surface area contributed by atoms with E-state index in [9.17, 15) is 29.3 Å². The summed E-state index contributed by atoms with van der Waals surface area (Å²) in [7, 11) is 0. The summed E-state index contributed by atoms with van der Waals surface area (Å²) >= 11 is 0. The van der Waals surface area contributed by atoms with E-state index >= 15 is 0 Å². The molecule has 0 aromatic heterocycles. The van der Waals surface area contributed by atoms with Gasteiger partial charge in [0.05, 0.1) is 18.0 Å². The first kappa shape index (κ1) is 26.8. The third-order valence-electron chi connectivity index (χ3n) is 4.86. The molecule has 0 aliphatic heterocycles. The SMILES string of the molecule is CCOC(=O)C[C@H](c1ccc([N+](=O)[O-])cc1)[C@H](NC(=O)CNC(=O)OCc1ccccc1)C(N)=O. The van der Waals surface area contributed by atoms with Gasteiger partial charge in [-0.3, -0.25) is 24.5 Å². The zero-order valence-corrected chi connectivity index (χ0v) is 19.0. The Labute approximate surface area is 200 Å². The summed E-state index contributed by atoms with van der Waals surface area (Å²) in [5.41, 5.74) is 6.41. The number of nitro groups is 1. The Morgan fingerprint density at radius 2 is 1.69 bits per heavy atom. The molecule has 4 N–H and O–H groups in total. The number of ether oxygens (including phenoxy) is 2.